The highest BCUT2D eigenvalue weighted by Crippen LogP contribution is 2.17. The molecular formula is C15H26O4Si2. The Kier molecular flexibility index (Phi) is 6.33. The van der Waals surface area contributed by atoms with Crippen LogP contribution in [0.5, 0.6) is 0 Å². The van der Waals surface area contributed by atoms with E-state index in [9.17, 15) is 4.79 Å². The Labute approximate surface area is 129 Å². The highest BCUT2D eigenvalue weighted by molar-refractivity contribution is 6.71. The number of aryl methyl sites for hydroxylation is 1. The topological polar surface area (TPSA) is 44.8 Å². The number of carbonyl (C=O) groups is 1. The molecule has 1 aromatic rings. The molecule has 0 saturated carbocycles. The summed E-state index contributed by atoms with van der Waals surface area (Å²) < 4.78 is 16.4. The van der Waals surface area contributed by atoms with Crippen molar-refractivity contribution >= 4 is 22.8 Å². The van der Waals surface area contributed by atoms with Crippen molar-refractivity contribution in [3.63, 3.8) is 0 Å². The summed E-state index contributed by atoms with van der Waals surface area (Å²) in [5.41, 5.74) is 1.78. The van der Waals surface area contributed by atoms with E-state index in [1.807, 2.05) is 50.5 Å². The first-order valence-electron chi connectivity index (χ1n) is 7.12. The number of carbonyl (C=O) groups excluding carboxylic acids is 1. The number of rotatable bonds is 7. The summed E-state index contributed by atoms with van der Waals surface area (Å²) in [6.07, 6.45) is 0.883. The molecule has 0 atom stereocenters. The van der Waals surface area contributed by atoms with Gasteiger partial charge in [0.25, 0.3) is 0 Å². The summed E-state index contributed by atoms with van der Waals surface area (Å²) in [5, 5.41) is 0. The molecule has 0 aliphatic carbocycles. The minimum Gasteiger partial charge on any atom is -0.516 e. The second-order valence-corrected chi connectivity index (χ2v) is 14.3. The van der Waals surface area contributed by atoms with Gasteiger partial charge in [0.05, 0.1) is 5.56 Å². The van der Waals surface area contributed by atoms with Crippen molar-refractivity contribution in [3.05, 3.63) is 35.4 Å². The Morgan fingerprint density at radius 3 is 1.95 bits per heavy atom. The molecule has 0 aliphatic rings. The van der Waals surface area contributed by atoms with Crippen molar-refractivity contribution in [2.45, 2.75) is 38.7 Å². The normalized spacial score (nSPS) is 12.3. The van der Waals surface area contributed by atoms with E-state index < -0.39 is 16.9 Å². The van der Waals surface area contributed by atoms with Crippen molar-refractivity contribution in [1.29, 1.82) is 0 Å². The Bertz CT molecular complexity index is 462. The molecule has 0 bridgehead atoms. The standard InChI is InChI=1S/C15H26O4Si2/c1-17-21(6,18-2)12-11-13-7-9-14(10-8-13)15(16)19-20(3,4)5/h7-10H,11-12H2,1-6H3. The van der Waals surface area contributed by atoms with E-state index in [4.69, 9.17) is 13.3 Å². The first-order chi connectivity index (χ1) is 9.69. The maximum atomic E-state index is 12.0. The zero-order valence-corrected chi connectivity index (χ0v) is 15.9. The minimum atomic E-state index is -2.03. The lowest BCUT2D eigenvalue weighted by Gasteiger charge is -2.22. The van der Waals surface area contributed by atoms with Gasteiger partial charge in [-0.1, -0.05) is 12.1 Å². The van der Waals surface area contributed by atoms with Gasteiger partial charge in [-0.25, -0.2) is 4.79 Å². The van der Waals surface area contributed by atoms with Gasteiger partial charge in [0.1, 0.15) is 0 Å². The molecule has 0 aromatic heterocycles. The molecule has 0 radical (unpaired) electrons. The second-order valence-electron chi connectivity index (χ2n) is 6.24. The van der Waals surface area contributed by atoms with Crippen molar-refractivity contribution < 1.29 is 18.1 Å². The fourth-order valence-corrected chi connectivity index (χ4v) is 3.80. The third kappa shape index (κ3) is 6.13. The third-order valence-electron chi connectivity index (χ3n) is 3.32. The lowest BCUT2D eigenvalue weighted by atomic mass is 10.1. The first-order valence-corrected chi connectivity index (χ1v) is 13.0. The first kappa shape index (κ1) is 18.1. The van der Waals surface area contributed by atoms with Crippen molar-refractivity contribution in [1.82, 2.24) is 0 Å². The molecule has 0 heterocycles. The van der Waals surface area contributed by atoms with Crippen LogP contribution in [0.1, 0.15) is 15.9 Å². The van der Waals surface area contributed by atoms with E-state index in [1.165, 1.54) is 5.56 Å². The molecular weight excluding hydrogens is 300 g/mol. The van der Waals surface area contributed by atoms with Crippen LogP contribution in [0.3, 0.4) is 0 Å². The highest BCUT2D eigenvalue weighted by Gasteiger charge is 2.28. The molecule has 0 unspecified atom stereocenters. The summed E-state index contributed by atoms with van der Waals surface area (Å²) in [6, 6.07) is 8.49. The summed E-state index contributed by atoms with van der Waals surface area (Å²) in [5.74, 6) is -0.228. The summed E-state index contributed by atoms with van der Waals surface area (Å²) in [6.45, 7) is 8.05. The molecule has 0 saturated heterocycles. The Hall–Kier alpha value is -0.956. The fourth-order valence-electron chi connectivity index (χ4n) is 1.80. The lowest BCUT2D eigenvalue weighted by molar-refractivity contribution is 0.0724. The minimum absolute atomic E-state index is 0.228. The zero-order chi connectivity index (χ0) is 16.1. The van der Waals surface area contributed by atoms with Crippen molar-refractivity contribution in [2.75, 3.05) is 14.2 Å². The maximum Gasteiger partial charge on any atom is 0.334 e. The summed E-state index contributed by atoms with van der Waals surface area (Å²) in [4.78, 5) is 12.0. The van der Waals surface area contributed by atoms with Gasteiger partial charge in [-0.15, -0.1) is 0 Å². The van der Waals surface area contributed by atoms with Crippen LogP contribution in [-0.2, 0) is 19.7 Å². The van der Waals surface area contributed by atoms with Gasteiger partial charge in [0.2, 0.25) is 8.32 Å². The van der Waals surface area contributed by atoms with Crippen LogP contribution in [0.4, 0.5) is 0 Å². The molecule has 6 heteroatoms. The molecule has 0 fully saturated rings. The van der Waals surface area contributed by atoms with E-state index in [0.29, 0.717) is 5.56 Å². The number of benzene rings is 1. The second kappa shape index (κ2) is 7.35. The van der Waals surface area contributed by atoms with Gasteiger partial charge >= 0.3 is 14.5 Å². The highest BCUT2D eigenvalue weighted by atomic mass is 28.4. The van der Waals surface area contributed by atoms with Crippen molar-refractivity contribution in [3.8, 4) is 0 Å². The van der Waals surface area contributed by atoms with Crippen LogP contribution in [-0.4, -0.2) is 37.1 Å². The van der Waals surface area contributed by atoms with Crippen LogP contribution in [0.2, 0.25) is 32.2 Å². The Balaban J connectivity index is 2.64. The molecule has 118 valence electrons. The molecule has 0 amide bonds. The van der Waals surface area contributed by atoms with Crippen molar-refractivity contribution in [2.24, 2.45) is 0 Å². The number of hydrogen-bond acceptors (Lipinski definition) is 4. The third-order valence-corrected chi connectivity index (χ3v) is 7.00. The molecule has 0 spiro atoms. The quantitative estimate of drug-likeness (QED) is 0.718. The lowest BCUT2D eigenvalue weighted by Crippen LogP contribution is -2.36. The van der Waals surface area contributed by atoms with E-state index in [2.05, 4.69) is 0 Å². The summed E-state index contributed by atoms with van der Waals surface area (Å²) in [7, 11) is -0.478. The van der Waals surface area contributed by atoms with E-state index >= 15 is 0 Å². The average molecular weight is 327 g/mol. The maximum absolute atomic E-state index is 12.0. The molecule has 1 rings (SSSR count). The van der Waals surface area contributed by atoms with E-state index in [-0.39, 0.29) is 5.97 Å². The van der Waals surface area contributed by atoms with E-state index in [1.54, 1.807) is 14.2 Å². The predicted octanol–water partition coefficient (Wildman–Crippen LogP) is 3.59. The summed E-state index contributed by atoms with van der Waals surface area (Å²) >= 11 is 0. The van der Waals surface area contributed by atoms with Gasteiger partial charge in [0, 0.05) is 14.2 Å². The molecule has 1 aromatic carbocycles. The average Bonchev–Trinajstić information content (AvgIpc) is 2.43. The van der Waals surface area contributed by atoms with E-state index in [0.717, 1.165) is 12.5 Å². The van der Waals surface area contributed by atoms with Crippen LogP contribution in [0, 0.1) is 0 Å². The zero-order valence-electron chi connectivity index (χ0n) is 13.9. The van der Waals surface area contributed by atoms with Gasteiger partial charge in [0.15, 0.2) is 0 Å². The number of hydrogen-bond donors (Lipinski definition) is 0. The Morgan fingerprint density at radius 1 is 1.00 bits per heavy atom. The van der Waals surface area contributed by atoms with Crippen LogP contribution in [0.25, 0.3) is 0 Å². The van der Waals surface area contributed by atoms with Gasteiger partial charge in [-0.2, -0.15) is 0 Å². The molecule has 21 heavy (non-hydrogen) atoms. The van der Waals surface area contributed by atoms with Crippen LogP contribution in [0.15, 0.2) is 24.3 Å². The molecule has 0 N–H and O–H groups in total. The smallest absolute Gasteiger partial charge is 0.334 e. The van der Waals surface area contributed by atoms with Gasteiger partial charge in [-0.05, 0) is 56.3 Å². The van der Waals surface area contributed by atoms with Gasteiger partial charge in [-0.3, -0.25) is 0 Å². The Morgan fingerprint density at radius 2 is 1.52 bits per heavy atom. The SMILES string of the molecule is CO[Si](C)(CCc1ccc(C(=O)O[Si](C)(C)C)cc1)OC. The monoisotopic (exact) mass is 326 g/mol. The molecule has 0 aliphatic heterocycles. The van der Waals surface area contributed by atoms with Gasteiger partial charge < -0.3 is 13.3 Å². The largest absolute Gasteiger partial charge is 0.516 e. The molecule has 4 nitrogen and oxygen atoms in total. The predicted molar refractivity (Wildman–Crippen MR) is 89.4 cm³/mol. The fraction of sp³-hybridized carbons (Fsp3) is 0.533. The van der Waals surface area contributed by atoms with Crippen LogP contribution >= 0.6 is 0 Å². The van der Waals surface area contributed by atoms with Crippen LogP contribution < -0.4 is 0 Å².